The van der Waals surface area contributed by atoms with Crippen LogP contribution in [0.1, 0.15) is 25.8 Å². The second-order valence-electron chi connectivity index (χ2n) is 5.00. The maximum atomic E-state index is 6.24. The van der Waals surface area contributed by atoms with E-state index in [4.69, 9.17) is 27.9 Å². The molecule has 0 saturated carbocycles. The summed E-state index contributed by atoms with van der Waals surface area (Å²) in [5, 5.41) is 4.86. The van der Waals surface area contributed by atoms with Crippen LogP contribution in [0, 0.1) is 0 Å². The summed E-state index contributed by atoms with van der Waals surface area (Å²) in [7, 11) is 1.71. The number of hydrogen-bond acceptors (Lipinski definition) is 2. The lowest BCUT2D eigenvalue weighted by Crippen LogP contribution is -2.27. The van der Waals surface area contributed by atoms with Crippen LogP contribution in [0.5, 0.6) is 0 Å². The first-order valence-corrected chi connectivity index (χ1v) is 6.88. The van der Waals surface area contributed by atoms with Crippen molar-refractivity contribution in [1.82, 2.24) is 5.32 Å². The molecule has 0 aliphatic heterocycles. The van der Waals surface area contributed by atoms with Gasteiger partial charge in [0.1, 0.15) is 0 Å². The topological polar surface area (TPSA) is 21.3 Å². The molecule has 0 aliphatic carbocycles. The highest BCUT2D eigenvalue weighted by Gasteiger charge is 2.23. The van der Waals surface area contributed by atoms with Gasteiger partial charge in [-0.05, 0) is 42.1 Å². The van der Waals surface area contributed by atoms with E-state index in [1.807, 2.05) is 18.2 Å². The molecule has 0 radical (unpaired) electrons. The smallest absolute Gasteiger partial charge is 0.0587 e. The fourth-order valence-corrected chi connectivity index (χ4v) is 2.40. The summed E-state index contributed by atoms with van der Waals surface area (Å²) in [6.07, 6.45) is 0.997. The number of methoxy groups -OCH3 is 1. The van der Waals surface area contributed by atoms with Gasteiger partial charge >= 0.3 is 0 Å². The highest BCUT2D eigenvalue weighted by molar-refractivity contribution is 6.33. The van der Waals surface area contributed by atoms with E-state index < -0.39 is 0 Å². The average molecular weight is 290 g/mol. The molecule has 4 heteroatoms. The van der Waals surface area contributed by atoms with E-state index in [0.717, 1.165) is 41.7 Å². The van der Waals surface area contributed by atoms with Crippen molar-refractivity contribution in [2.24, 2.45) is 0 Å². The normalized spacial score (nSPS) is 11.8. The summed E-state index contributed by atoms with van der Waals surface area (Å²) in [6, 6.07) is 5.64. The summed E-state index contributed by atoms with van der Waals surface area (Å²) in [5.41, 5.74) is 1.10. The first-order valence-electron chi connectivity index (χ1n) is 6.12. The van der Waals surface area contributed by atoms with Gasteiger partial charge in [0.15, 0.2) is 0 Å². The zero-order valence-corrected chi connectivity index (χ0v) is 12.7. The molecule has 1 aromatic rings. The van der Waals surface area contributed by atoms with Gasteiger partial charge in [-0.15, -0.1) is 0 Å². The van der Waals surface area contributed by atoms with Crippen LogP contribution in [0.4, 0.5) is 0 Å². The van der Waals surface area contributed by atoms with Crippen molar-refractivity contribution in [3.05, 3.63) is 33.8 Å². The molecular weight excluding hydrogens is 269 g/mol. The Bertz CT molecular complexity index is 380. The van der Waals surface area contributed by atoms with Crippen molar-refractivity contribution in [3.8, 4) is 0 Å². The molecule has 1 rings (SSSR count). The minimum absolute atomic E-state index is 0.00204. The van der Waals surface area contributed by atoms with Gasteiger partial charge in [-0.25, -0.2) is 0 Å². The Morgan fingerprint density at radius 2 is 1.94 bits per heavy atom. The Kier molecular flexibility index (Phi) is 6.44. The Balaban J connectivity index is 2.59. The van der Waals surface area contributed by atoms with E-state index in [1.54, 1.807) is 7.11 Å². The summed E-state index contributed by atoms with van der Waals surface area (Å²) in [6.45, 7) is 6.90. The largest absolute Gasteiger partial charge is 0.383 e. The molecule has 0 heterocycles. The second kappa shape index (κ2) is 7.34. The molecule has 0 fully saturated rings. The highest BCUT2D eigenvalue weighted by atomic mass is 35.5. The third-order valence-electron chi connectivity index (χ3n) is 3.07. The number of rotatable bonds is 7. The Morgan fingerprint density at radius 1 is 1.22 bits per heavy atom. The van der Waals surface area contributed by atoms with Gasteiger partial charge in [-0.3, -0.25) is 0 Å². The van der Waals surface area contributed by atoms with Gasteiger partial charge in [-0.1, -0.05) is 37.0 Å². The van der Waals surface area contributed by atoms with E-state index in [1.165, 1.54) is 0 Å². The summed E-state index contributed by atoms with van der Waals surface area (Å²) < 4.78 is 4.99. The van der Waals surface area contributed by atoms with Crippen molar-refractivity contribution in [3.63, 3.8) is 0 Å². The zero-order chi connectivity index (χ0) is 13.6. The molecule has 0 atom stereocenters. The fourth-order valence-electron chi connectivity index (χ4n) is 1.85. The molecule has 0 amide bonds. The Labute approximate surface area is 120 Å². The first kappa shape index (κ1) is 15.8. The Morgan fingerprint density at radius 3 is 2.61 bits per heavy atom. The number of benzene rings is 1. The Hall–Kier alpha value is -0.280. The van der Waals surface area contributed by atoms with Crippen LogP contribution in [0.3, 0.4) is 0 Å². The average Bonchev–Trinajstić information content (AvgIpc) is 2.32. The molecule has 102 valence electrons. The molecule has 0 bridgehead atoms. The van der Waals surface area contributed by atoms with E-state index in [9.17, 15) is 0 Å². The molecule has 1 aromatic carbocycles. The van der Waals surface area contributed by atoms with Gasteiger partial charge in [0.25, 0.3) is 0 Å². The minimum Gasteiger partial charge on any atom is -0.383 e. The van der Waals surface area contributed by atoms with Gasteiger partial charge in [0.2, 0.25) is 0 Å². The molecular formula is C14H21Cl2NO. The van der Waals surface area contributed by atoms with E-state index >= 15 is 0 Å². The molecule has 1 N–H and O–H groups in total. The zero-order valence-electron chi connectivity index (χ0n) is 11.2. The van der Waals surface area contributed by atoms with Crippen molar-refractivity contribution in [2.75, 3.05) is 26.8 Å². The number of hydrogen-bond donors (Lipinski definition) is 1. The lowest BCUT2D eigenvalue weighted by atomic mass is 9.81. The maximum absolute atomic E-state index is 6.24. The molecule has 0 aliphatic rings. The summed E-state index contributed by atoms with van der Waals surface area (Å²) in [4.78, 5) is 0. The highest BCUT2D eigenvalue weighted by Crippen LogP contribution is 2.34. The summed E-state index contributed by atoms with van der Waals surface area (Å²) >= 11 is 12.3. The molecule has 0 saturated heterocycles. The van der Waals surface area contributed by atoms with E-state index in [-0.39, 0.29) is 5.41 Å². The van der Waals surface area contributed by atoms with Gasteiger partial charge < -0.3 is 10.1 Å². The van der Waals surface area contributed by atoms with Crippen molar-refractivity contribution < 1.29 is 4.74 Å². The number of halogens is 2. The van der Waals surface area contributed by atoms with E-state index in [2.05, 4.69) is 19.2 Å². The van der Waals surface area contributed by atoms with Crippen LogP contribution in [0.15, 0.2) is 18.2 Å². The maximum Gasteiger partial charge on any atom is 0.0587 e. The van der Waals surface area contributed by atoms with Gasteiger partial charge in [0, 0.05) is 23.7 Å². The van der Waals surface area contributed by atoms with Crippen molar-refractivity contribution in [1.29, 1.82) is 0 Å². The molecule has 0 unspecified atom stereocenters. The third-order valence-corrected chi connectivity index (χ3v) is 3.63. The lowest BCUT2D eigenvalue weighted by molar-refractivity contribution is 0.198. The third kappa shape index (κ3) is 4.77. The first-order chi connectivity index (χ1) is 8.47. The quantitative estimate of drug-likeness (QED) is 0.769. The minimum atomic E-state index is 0.00204. The summed E-state index contributed by atoms with van der Waals surface area (Å²) in [5.74, 6) is 0. The molecule has 0 aromatic heterocycles. The van der Waals surface area contributed by atoms with Gasteiger partial charge in [-0.2, -0.15) is 0 Å². The predicted octanol–water partition coefficient (Wildman–Crippen LogP) is 3.90. The van der Waals surface area contributed by atoms with Crippen molar-refractivity contribution in [2.45, 2.75) is 25.7 Å². The SMILES string of the molecule is COCCNCCC(C)(C)c1cc(Cl)ccc1Cl. The van der Waals surface area contributed by atoms with Crippen LogP contribution in [-0.2, 0) is 10.2 Å². The van der Waals surface area contributed by atoms with Crippen LogP contribution >= 0.6 is 23.2 Å². The lowest BCUT2D eigenvalue weighted by Gasteiger charge is -2.26. The molecule has 18 heavy (non-hydrogen) atoms. The van der Waals surface area contributed by atoms with Crippen molar-refractivity contribution >= 4 is 23.2 Å². The van der Waals surface area contributed by atoms with Gasteiger partial charge in [0.05, 0.1) is 6.61 Å². The van der Waals surface area contributed by atoms with Crippen LogP contribution in [0.25, 0.3) is 0 Å². The van der Waals surface area contributed by atoms with E-state index in [0.29, 0.717) is 0 Å². The monoisotopic (exact) mass is 289 g/mol. The second-order valence-corrected chi connectivity index (χ2v) is 5.84. The number of ether oxygens (including phenoxy) is 1. The van der Waals surface area contributed by atoms with Crippen LogP contribution in [0.2, 0.25) is 10.0 Å². The van der Waals surface area contributed by atoms with Crippen LogP contribution < -0.4 is 5.32 Å². The predicted molar refractivity (Wildman–Crippen MR) is 78.9 cm³/mol. The number of nitrogens with one attached hydrogen (secondary N) is 1. The van der Waals surface area contributed by atoms with Crippen LogP contribution in [-0.4, -0.2) is 26.8 Å². The fraction of sp³-hybridized carbons (Fsp3) is 0.571. The molecule has 0 spiro atoms. The molecule has 2 nitrogen and oxygen atoms in total. The standard InChI is InChI=1S/C14H21Cl2NO/c1-14(2,6-7-17-8-9-18-3)12-10-11(15)4-5-13(12)16/h4-5,10,17H,6-9H2,1-3H3.